The monoisotopic (exact) mass is 343 g/mol. The van der Waals surface area contributed by atoms with Crippen LogP contribution in [0.25, 0.3) is 0 Å². The van der Waals surface area contributed by atoms with Gasteiger partial charge in [0.05, 0.1) is 13.2 Å². The van der Waals surface area contributed by atoms with Crippen LogP contribution < -0.4 is 4.74 Å². The highest BCUT2D eigenvalue weighted by Crippen LogP contribution is 2.30. The SMILES string of the molecule is COc1ccccc1C(C#N)C(=O)c1cc(Br)ccc1C. The van der Waals surface area contributed by atoms with Gasteiger partial charge in [0.1, 0.15) is 11.7 Å². The van der Waals surface area contributed by atoms with Crippen molar-refractivity contribution in [1.29, 1.82) is 5.26 Å². The first-order valence-electron chi connectivity index (χ1n) is 6.41. The van der Waals surface area contributed by atoms with Crippen LogP contribution in [0.5, 0.6) is 5.75 Å². The molecule has 0 saturated carbocycles. The van der Waals surface area contributed by atoms with Gasteiger partial charge in [0.2, 0.25) is 0 Å². The molecule has 0 bridgehead atoms. The van der Waals surface area contributed by atoms with E-state index in [1.807, 2.05) is 25.1 Å². The fraction of sp³-hybridized carbons (Fsp3) is 0.176. The van der Waals surface area contributed by atoms with Crippen LogP contribution in [0.1, 0.15) is 27.4 Å². The molecule has 0 aromatic heterocycles. The van der Waals surface area contributed by atoms with Crippen LogP contribution >= 0.6 is 15.9 Å². The van der Waals surface area contributed by atoms with Gasteiger partial charge in [-0.15, -0.1) is 0 Å². The smallest absolute Gasteiger partial charge is 0.184 e. The van der Waals surface area contributed by atoms with Gasteiger partial charge in [0.25, 0.3) is 0 Å². The number of hydrogen-bond acceptors (Lipinski definition) is 3. The van der Waals surface area contributed by atoms with E-state index in [-0.39, 0.29) is 5.78 Å². The largest absolute Gasteiger partial charge is 0.496 e. The van der Waals surface area contributed by atoms with Crippen molar-refractivity contribution in [2.45, 2.75) is 12.8 Å². The topological polar surface area (TPSA) is 50.1 Å². The molecule has 2 rings (SSSR count). The molecule has 0 aliphatic rings. The number of carbonyl (C=O) groups excluding carboxylic acids is 1. The average molecular weight is 344 g/mol. The fourth-order valence-corrected chi connectivity index (χ4v) is 2.55. The molecular weight excluding hydrogens is 330 g/mol. The summed E-state index contributed by atoms with van der Waals surface area (Å²) >= 11 is 3.36. The summed E-state index contributed by atoms with van der Waals surface area (Å²) in [6.45, 7) is 1.86. The molecule has 1 atom stereocenters. The van der Waals surface area contributed by atoms with Crippen molar-refractivity contribution in [2.24, 2.45) is 0 Å². The maximum Gasteiger partial charge on any atom is 0.184 e. The molecule has 0 aliphatic heterocycles. The Labute approximate surface area is 132 Å². The highest BCUT2D eigenvalue weighted by Gasteiger charge is 2.25. The standard InChI is InChI=1S/C17H14BrNO2/c1-11-7-8-12(18)9-14(11)17(20)15(10-19)13-5-3-4-6-16(13)21-2/h3-9,15H,1-2H3. The predicted molar refractivity (Wildman–Crippen MR) is 84.6 cm³/mol. The number of carbonyl (C=O) groups is 1. The molecule has 1 unspecified atom stereocenters. The Morgan fingerprint density at radius 1 is 1.29 bits per heavy atom. The number of aryl methyl sites for hydroxylation is 1. The number of halogens is 1. The number of benzene rings is 2. The number of nitriles is 1. The van der Waals surface area contributed by atoms with Crippen LogP contribution in [-0.2, 0) is 0 Å². The first-order valence-corrected chi connectivity index (χ1v) is 7.20. The summed E-state index contributed by atoms with van der Waals surface area (Å²) in [5, 5.41) is 9.45. The van der Waals surface area contributed by atoms with Gasteiger partial charge in [0.15, 0.2) is 5.78 Å². The zero-order valence-corrected chi connectivity index (χ0v) is 13.3. The van der Waals surface area contributed by atoms with Crippen molar-refractivity contribution in [3.63, 3.8) is 0 Å². The van der Waals surface area contributed by atoms with E-state index in [1.165, 1.54) is 7.11 Å². The molecule has 2 aromatic carbocycles. The Bertz CT molecular complexity index is 719. The molecule has 0 heterocycles. The van der Waals surface area contributed by atoms with Crippen molar-refractivity contribution < 1.29 is 9.53 Å². The van der Waals surface area contributed by atoms with E-state index in [9.17, 15) is 10.1 Å². The number of nitrogens with zero attached hydrogens (tertiary/aromatic N) is 1. The number of ketones is 1. The number of para-hydroxylation sites is 1. The third-order valence-corrected chi connectivity index (χ3v) is 3.80. The highest BCUT2D eigenvalue weighted by molar-refractivity contribution is 9.10. The Hall–Kier alpha value is -2.12. The molecule has 0 spiro atoms. The van der Waals surface area contributed by atoms with E-state index in [0.717, 1.165) is 10.0 Å². The third-order valence-electron chi connectivity index (χ3n) is 3.31. The maximum absolute atomic E-state index is 12.7. The lowest BCUT2D eigenvalue weighted by Gasteiger charge is -2.14. The first-order chi connectivity index (χ1) is 10.1. The highest BCUT2D eigenvalue weighted by atomic mass is 79.9. The van der Waals surface area contributed by atoms with Crippen LogP contribution in [0, 0.1) is 18.3 Å². The van der Waals surface area contributed by atoms with E-state index in [0.29, 0.717) is 16.9 Å². The molecular formula is C17H14BrNO2. The second kappa shape index (κ2) is 6.55. The van der Waals surface area contributed by atoms with Gasteiger partial charge in [-0.3, -0.25) is 4.79 Å². The molecule has 3 nitrogen and oxygen atoms in total. The second-order valence-corrected chi connectivity index (χ2v) is 5.54. The summed E-state index contributed by atoms with van der Waals surface area (Å²) in [6.07, 6.45) is 0. The zero-order valence-electron chi connectivity index (χ0n) is 11.8. The molecule has 0 radical (unpaired) electrons. The Morgan fingerprint density at radius 3 is 2.67 bits per heavy atom. The molecule has 106 valence electrons. The van der Waals surface area contributed by atoms with Gasteiger partial charge in [-0.05, 0) is 30.7 Å². The Morgan fingerprint density at radius 2 is 2.00 bits per heavy atom. The van der Waals surface area contributed by atoms with E-state index < -0.39 is 5.92 Å². The lowest BCUT2D eigenvalue weighted by atomic mass is 9.89. The van der Waals surface area contributed by atoms with Gasteiger partial charge in [0, 0.05) is 15.6 Å². The normalized spacial score (nSPS) is 11.5. The maximum atomic E-state index is 12.7. The van der Waals surface area contributed by atoms with Gasteiger partial charge < -0.3 is 4.74 Å². The summed E-state index contributed by atoms with van der Waals surface area (Å²) in [7, 11) is 1.53. The molecule has 0 aliphatic carbocycles. The number of methoxy groups -OCH3 is 1. The van der Waals surface area contributed by atoms with Gasteiger partial charge in [-0.1, -0.05) is 40.2 Å². The second-order valence-electron chi connectivity index (χ2n) is 4.63. The zero-order chi connectivity index (χ0) is 15.4. The summed E-state index contributed by atoms with van der Waals surface area (Å²) in [5.74, 6) is -0.556. The molecule has 4 heteroatoms. The van der Waals surface area contributed by atoms with Crippen LogP contribution in [0.4, 0.5) is 0 Å². The number of ether oxygens (including phenoxy) is 1. The van der Waals surface area contributed by atoms with Gasteiger partial charge in [-0.25, -0.2) is 0 Å². The minimum atomic E-state index is -0.880. The Balaban J connectivity index is 2.49. The molecule has 0 fully saturated rings. The molecule has 0 amide bonds. The lowest BCUT2D eigenvalue weighted by Crippen LogP contribution is -2.13. The molecule has 2 aromatic rings. The van der Waals surface area contributed by atoms with Crippen molar-refractivity contribution >= 4 is 21.7 Å². The summed E-state index contributed by atoms with van der Waals surface area (Å²) in [4.78, 5) is 12.7. The average Bonchev–Trinajstić information content (AvgIpc) is 2.50. The molecule has 21 heavy (non-hydrogen) atoms. The van der Waals surface area contributed by atoms with Gasteiger partial charge in [-0.2, -0.15) is 5.26 Å². The molecule has 0 N–H and O–H groups in total. The van der Waals surface area contributed by atoms with E-state index in [1.54, 1.807) is 24.3 Å². The van der Waals surface area contributed by atoms with Crippen molar-refractivity contribution in [3.05, 3.63) is 63.6 Å². The first kappa shape index (κ1) is 15.3. The summed E-state index contributed by atoms with van der Waals surface area (Å²) < 4.78 is 6.07. The van der Waals surface area contributed by atoms with Crippen LogP contribution in [0.3, 0.4) is 0 Å². The number of hydrogen-bond donors (Lipinski definition) is 0. The van der Waals surface area contributed by atoms with Gasteiger partial charge >= 0.3 is 0 Å². The van der Waals surface area contributed by atoms with Crippen molar-refractivity contribution in [3.8, 4) is 11.8 Å². The lowest BCUT2D eigenvalue weighted by molar-refractivity contribution is 0.0977. The van der Waals surface area contributed by atoms with Crippen LogP contribution in [0.15, 0.2) is 46.9 Å². The quantitative estimate of drug-likeness (QED) is 0.779. The van der Waals surface area contributed by atoms with Crippen molar-refractivity contribution in [2.75, 3.05) is 7.11 Å². The molecule has 0 saturated heterocycles. The van der Waals surface area contributed by atoms with E-state index in [2.05, 4.69) is 22.0 Å². The van der Waals surface area contributed by atoms with E-state index >= 15 is 0 Å². The van der Waals surface area contributed by atoms with Crippen LogP contribution in [0.2, 0.25) is 0 Å². The minimum Gasteiger partial charge on any atom is -0.496 e. The fourth-order valence-electron chi connectivity index (χ4n) is 2.19. The summed E-state index contributed by atoms with van der Waals surface area (Å²) in [5.41, 5.74) is 1.98. The predicted octanol–water partition coefficient (Wildman–Crippen LogP) is 4.26. The van der Waals surface area contributed by atoms with Crippen LogP contribution in [-0.4, -0.2) is 12.9 Å². The number of rotatable bonds is 4. The Kier molecular flexibility index (Phi) is 4.77. The summed E-state index contributed by atoms with van der Waals surface area (Å²) in [6, 6.07) is 14.7. The minimum absolute atomic E-state index is 0.221. The number of Topliss-reactive ketones (excluding diaryl/α,β-unsaturated/α-hetero) is 1. The van der Waals surface area contributed by atoms with Crippen molar-refractivity contribution in [1.82, 2.24) is 0 Å². The van der Waals surface area contributed by atoms with E-state index in [4.69, 9.17) is 4.74 Å². The third kappa shape index (κ3) is 3.14.